The van der Waals surface area contributed by atoms with Crippen molar-refractivity contribution in [3.63, 3.8) is 0 Å². The third kappa shape index (κ3) is 4.92. The zero-order valence-corrected chi connectivity index (χ0v) is 20.1. The van der Waals surface area contributed by atoms with E-state index < -0.39 is 0 Å². The van der Waals surface area contributed by atoms with E-state index in [1.54, 1.807) is 42.1 Å². The molecule has 34 heavy (non-hydrogen) atoms. The van der Waals surface area contributed by atoms with Crippen LogP contribution >= 0.6 is 23.9 Å². The fourth-order valence-electron chi connectivity index (χ4n) is 3.93. The number of hydrogen-bond acceptors (Lipinski definition) is 5. The Morgan fingerprint density at radius 1 is 0.765 bits per heavy atom. The molecule has 1 unspecified atom stereocenters. The Bertz CT molecular complexity index is 1280. The molecule has 0 saturated carbocycles. The maximum absolute atomic E-state index is 13.9. The number of anilines is 2. The number of nitrogens with one attached hydrogen (secondary N) is 1. The van der Waals surface area contributed by atoms with E-state index in [1.807, 2.05) is 25.1 Å². The highest BCUT2D eigenvalue weighted by Crippen LogP contribution is 2.52. The highest BCUT2D eigenvalue weighted by Gasteiger charge is 2.37. The molecule has 1 N–H and O–H groups in total. The van der Waals surface area contributed by atoms with Crippen LogP contribution < -0.4 is 10.3 Å². The third-order valence-electron chi connectivity index (χ3n) is 5.52. The van der Waals surface area contributed by atoms with Crippen molar-refractivity contribution in [2.75, 3.05) is 16.9 Å². The average Bonchev–Trinajstić information content (AvgIpc) is 3.16. The number of hydrazine groups is 1. The SMILES string of the molecule is Cc1cccc(F)c1.Fc1cccc(C2CNc3ccccc3SN3Sc4ccccc4N23)c1. The second kappa shape index (κ2) is 10.1. The van der Waals surface area contributed by atoms with Crippen molar-refractivity contribution in [2.45, 2.75) is 22.8 Å². The van der Waals surface area contributed by atoms with Crippen molar-refractivity contribution >= 4 is 35.3 Å². The Kier molecular flexibility index (Phi) is 6.76. The first-order valence-electron chi connectivity index (χ1n) is 10.9. The standard InChI is InChI=1S/C20H16FN3S2.C7H7F/c21-15-7-5-6-14(12-15)18-13-22-16-8-1-3-10-19(16)25-24-23(18)17-9-2-4-11-20(17)26-24;1-6-3-2-4-7(8)5-6/h1-12,18,22H,13H2;2-5H,1H3. The molecule has 0 bridgehead atoms. The highest BCUT2D eigenvalue weighted by atomic mass is 32.2. The molecule has 7 heteroatoms. The number of halogens is 2. The van der Waals surface area contributed by atoms with E-state index in [4.69, 9.17) is 0 Å². The normalized spacial score (nSPS) is 16.7. The van der Waals surface area contributed by atoms with Gasteiger partial charge in [-0.2, -0.15) is 0 Å². The summed E-state index contributed by atoms with van der Waals surface area (Å²) in [5, 5.41) is 5.82. The predicted molar refractivity (Wildman–Crippen MR) is 138 cm³/mol. The van der Waals surface area contributed by atoms with Crippen molar-refractivity contribution in [1.29, 1.82) is 0 Å². The van der Waals surface area contributed by atoms with Crippen LogP contribution in [0, 0.1) is 18.6 Å². The number of rotatable bonds is 1. The Balaban J connectivity index is 0.000000257. The van der Waals surface area contributed by atoms with Gasteiger partial charge in [-0.25, -0.2) is 8.78 Å². The minimum atomic E-state index is -0.204. The van der Waals surface area contributed by atoms with Gasteiger partial charge in [-0.05, 0) is 90.5 Å². The van der Waals surface area contributed by atoms with Gasteiger partial charge in [0.15, 0.2) is 0 Å². The van der Waals surface area contributed by atoms with E-state index >= 15 is 0 Å². The maximum atomic E-state index is 13.9. The molecule has 1 atom stereocenters. The number of nitrogens with zero attached hydrogens (tertiary/aromatic N) is 2. The smallest absolute Gasteiger partial charge is 0.123 e. The number of aryl methyl sites for hydroxylation is 1. The maximum Gasteiger partial charge on any atom is 0.123 e. The van der Waals surface area contributed by atoms with Gasteiger partial charge >= 0.3 is 0 Å². The molecule has 0 spiro atoms. The van der Waals surface area contributed by atoms with Gasteiger partial charge in [0.25, 0.3) is 0 Å². The zero-order valence-electron chi connectivity index (χ0n) is 18.5. The van der Waals surface area contributed by atoms with Crippen LogP contribution in [0.3, 0.4) is 0 Å². The topological polar surface area (TPSA) is 18.5 Å². The van der Waals surface area contributed by atoms with E-state index in [9.17, 15) is 8.78 Å². The number of hydrogen-bond donors (Lipinski definition) is 1. The molecular weight excluding hydrogens is 468 g/mol. The molecule has 0 radical (unpaired) electrons. The Hall–Kier alpha value is -3.00. The minimum Gasteiger partial charge on any atom is -0.382 e. The van der Waals surface area contributed by atoms with Crippen LogP contribution in [0.15, 0.2) is 107 Å². The molecule has 0 aliphatic carbocycles. The Labute approximate surface area is 207 Å². The highest BCUT2D eigenvalue weighted by molar-refractivity contribution is 8.12. The summed E-state index contributed by atoms with van der Waals surface area (Å²) < 4.78 is 28.3. The quantitative estimate of drug-likeness (QED) is 0.272. The Morgan fingerprint density at radius 3 is 2.18 bits per heavy atom. The summed E-state index contributed by atoms with van der Waals surface area (Å²) in [6.07, 6.45) is 0. The molecule has 0 fully saturated rings. The van der Waals surface area contributed by atoms with E-state index in [-0.39, 0.29) is 17.7 Å². The summed E-state index contributed by atoms with van der Waals surface area (Å²) in [5.41, 5.74) is 4.18. The van der Waals surface area contributed by atoms with E-state index in [0.717, 1.165) is 22.5 Å². The monoisotopic (exact) mass is 491 g/mol. The van der Waals surface area contributed by atoms with Crippen molar-refractivity contribution < 1.29 is 8.78 Å². The van der Waals surface area contributed by atoms with Gasteiger partial charge < -0.3 is 5.32 Å². The molecule has 0 saturated heterocycles. The lowest BCUT2D eigenvalue weighted by molar-refractivity contribution is 0.538. The summed E-state index contributed by atoms with van der Waals surface area (Å²) in [4.78, 5) is 2.39. The predicted octanol–water partition coefficient (Wildman–Crippen LogP) is 7.88. The average molecular weight is 492 g/mol. The fourth-order valence-corrected chi connectivity index (χ4v) is 6.25. The van der Waals surface area contributed by atoms with Crippen molar-refractivity contribution in [3.8, 4) is 0 Å². The number of para-hydroxylation sites is 2. The van der Waals surface area contributed by atoms with Crippen LogP contribution in [0.25, 0.3) is 0 Å². The van der Waals surface area contributed by atoms with Crippen molar-refractivity contribution in [1.82, 2.24) is 3.82 Å². The summed E-state index contributed by atoms with van der Waals surface area (Å²) >= 11 is 3.40. The second-order valence-electron chi connectivity index (χ2n) is 7.98. The molecule has 4 aromatic carbocycles. The lowest BCUT2D eigenvalue weighted by Crippen LogP contribution is -2.39. The van der Waals surface area contributed by atoms with E-state index in [2.05, 4.69) is 56.6 Å². The summed E-state index contributed by atoms with van der Waals surface area (Å²) in [5.74, 6) is -0.366. The lowest BCUT2D eigenvalue weighted by Gasteiger charge is -2.38. The molecule has 2 heterocycles. The fraction of sp³-hybridized carbons (Fsp3) is 0.111. The van der Waals surface area contributed by atoms with Gasteiger partial charge in [-0.3, -0.25) is 5.01 Å². The number of fused-ring (bicyclic) bond motifs is 4. The van der Waals surface area contributed by atoms with Gasteiger partial charge in [-0.1, -0.05) is 52.4 Å². The van der Waals surface area contributed by atoms with Crippen LogP contribution in [0.4, 0.5) is 20.2 Å². The summed E-state index contributed by atoms with van der Waals surface area (Å²) in [6, 6.07) is 30.1. The van der Waals surface area contributed by atoms with Gasteiger partial charge in [0.2, 0.25) is 0 Å². The van der Waals surface area contributed by atoms with Crippen LogP contribution in [0.2, 0.25) is 0 Å². The Morgan fingerprint density at radius 2 is 1.44 bits per heavy atom. The molecule has 0 amide bonds. The molecule has 2 aliphatic heterocycles. The molecule has 3 nitrogen and oxygen atoms in total. The molecule has 2 aliphatic rings. The van der Waals surface area contributed by atoms with Gasteiger partial charge in [0.1, 0.15) is 11.6 Å². The van der Waals surface area contributed by atoms with Crippen LogP contribution in [-0.2, 0) is 0 Å². The van der Waals surface area contributed by atoms with Crippen LogP contribution in [-0.4, -0.2) is 10.4 Å². The molecule has 0 aromatic heterocycles. The van der Waals surface area contributed by atoms with Gasteiger partial charge in [0, 0.05) is 17.1 Å². The molecular formula is C27H23F2N3S2. The molecule has 6 rings (SSSR count). The van der Waals surface area contributed by atoms with E-state index in [1.165, 1.54) is 28.0 Å². The lowest BCUT2D eigenvalue weighted by atomic mass is 10.1. The third-order valence-corrected chi connectivity index (χ3v) is 7.73. The minimum absolute atomic E-state index is 0.0114. The molecule has 4 aromatic rings. The van der Waals surface area contributed by atoms with Crippen LogP contribution in [0.1, 0.15) is 17.2 Å². The molecule has 172 valence electrons. The zero-order chi connectivity index (χ0) is 23.5. The first kappa shape index (κ1) is 22.8. The second-order valence-corrected chi connectivity index (χ2v) is 10.1. The van der Waals surface area contributed by atoms with Gasteiger partial charge in [-0.15, -0.1) is 0 Å². The first-order valence-corrected chi connectivity index (χ1v) is 12.5. The van der Waals surface area contributed by atoms with Crippen LogP contribution in [0.5, 0.6) is 0 Å². The first-order chi connectivity index (χ1) is 16.6. The van der Waals surface area contributed by atoms with Crippen molar-refractivity contribution in [2.24, 2.45) is 0 Å². The van der Waals surface area contributed by atoms with E-state index in [0.29, 0.717) is 6.54 Å². The van der Waals surface area contributed by atoms with Gasteiger partial charge in [0.05, 0.1) is 16.6 Å². The van der Waals surface area contributed by atoms with Crippen molar-refractivity contribution in [3.05, 3.63) is 120 Å². The largest absolute Gasteiger partial charge is 0.382 e. The summed E-state index contributed by atoms with van der Waals surface area (Å²) in [7, 11) is 0. The number of benzene rings is 4. The summed E-state index contributed by atoms with van der Waals surface area (Å²) in [6.45, 7) is 2.55.